The summed E-state index contributed by atoms with van der Waals surface area (Å²) in [7, 11) is -3.54. The molecule has 0 fully saturated rings. The number of amides is 1. The van der Waals surface area contributed by atoms with Crippen LogP contribution in [0, 0.1) is 6.92 Å². The van der Waals surface area contributed by atoms with E-state index in [1.54, 1.807) is 12.1 Å². The number of fused-ring (bicyclic) bond motifs is 1. The molecule has 0 saturated heterocycles. The van der Waals surface area contributed by atoms with Crippen molar-refractivity contribution in [2.45, 2.75) is 38.8 Å². The summed E-state index contributed by atoms with van der Waals surface area (Å²) in [4.78, 5) is 12.9. The Morgan fingerprint density at radius 1 is 1.21 bits per heavy atom. The number of anilines is 1. The van der Waals surface area contributed by atoms with Gasteiger partial charge in [0.05, 0.1) is 18.5 Å². The van der Waals surface area contributed by atoms with Crippen molar-refractivity contribution < 1.29 is 17.9 Å². The van der Waals surface area contributed by atoms with Gasteiger partial charge in [0.1, 0.15) is 5.75 Å². The molecule has 0 aliphatic carbocycles. The number of hydrogen-bond acceptors (Lipinski definition) is 4. The highest BCUT2D eigenvalue weighted by Gasteiger charge is 2.36. The van der Waals surface area contributed by atoms with Gasteiger partial charge >= 0.3 is 0 Å². The molecule has 1 unspecified atom stereocenters. The van der Waals surface area contributed by atoms with Crippen LogP contribution in [-0.2, 0) is 21.2 Å². The van der Waals surface area contributed by atoms with Crippen LogP contribution in [0.3, 0.4) is 0 Å². The van der Waals surface area contributed by atoms with Gasteiger partial charge in [-0.3, -0.25) is 9.10 Å². The number of carbonyl (C=O) groups excluding carboxylic acids is 1. The van der Waals surface area contributed by atoms with Crippen LogP contribution in [0.25, 0.3) is 0 Å². The van der Waals surface area contributed by atoms with Crippen LogP contribution in [0.1, 0.15) is 25.0 Å². The zero-order valence-electron chi connectivity index (χ0n) is 16.6. The molecule has 6 nitrogen and oxygen atoms in total. The lowest BCUT2D eigenvalue weighted by Gasteiger charge is -2.36. The van der Waals surface area contributed by atoms with Crippen LogP contribution in [0.15, 0.2) is 48.5 Å². The predicted molar refractivity (Wildman–Crippen MR) is 110 cm³/mol. The Morgan fingerprint density at radius 3 is 2.54 bits per heavy atom. The van der Waals surface area contributed by atoms with E-state index in [1.165, 1.54) is 4.31 Å². The smallest absolute Gasteiger partial charge is 0.263 e. The number of aryl methyl sites for hydroxylation is 1. The third kappa shape index (κ3) is 4.65. The fourth-order valence-electron chi connectivity index (χ4n) is 3.38. The van der Waals surface area contributed by atoms with Crippen molar-refractivity contribution >= 4 is 21.6 Å². The number of sulfonamides is 1. The zero-order chi connectivity index (χ0) is 20.5. The Morgan fingerprint density at radius 2 is 1.89 bits per heavy atom. The molecule has 0 saturated carbocycles. The molecule has 0 spiro atoms. The van der Waals surface area contributed by atoms with E-state index in [1.807, 2.05) is 57.2 Å². The number of nitrogens with zero attached hydrogens (tertiary/aromatic N) is 1. The molecule has 150 valence electrons. The zero-order valence-corrected chi connectivity index (χ0v) is 17.4. The monoisotopic (exact) mass is 402 g/mol. The van der Waals surface area contributed by atoms with Gasteiger partial charge in [0.15, 0.2) is 6.10 Å². The summed E-state index contributed by atoms with van der Waals surface area (Å²) in [6.45, 7) is 5.71. The van der Waals surface area contributed by atoms with Gasteiger partial charge in [-0.15, -0.1) is 0 Å². The van der Waals surface area contributed by atoms with Crippen molar-refractivity contribution in [3.63, 3.8) is 0 Å². The molecule has 7 heteroatoms. The topological polar surface area (TPSA) is 75.7 Å². The predicted octanol–water partition coefficient (Wildman–Crippen LogP) is 2.66. The van der Waals surface area contributed by atoms with E-state index >= 15 is 0 Å². The summed E-state index contributed by atoms with van der Waals surface area (Å²) in [5.74, 6) is 0.0689. The lowest BCUT2D eigenvalue weighted by molar-refractivity contribution is -0.129. The highest BCUT2D eigenvalue weighted by atomic mass is 32.2. The van der Waals surface area contributed by atoms with Gasteiger partial charge in [-0.2, -0.15) is 0 Å². The van der Waals surface area contributed by atoms with Crippen LogP contribution < -0.4 is 14.4 Å². The van der Waals surface area contributed by atoms with Crippen molar-refractivity contribution in [3.05, 3.63) is 59.7 Å². The molecule has 1 heterocycles. The first-order valence-corrected chi connectivity index (χ1v) is 11.0. The molecule has 3 rings (SSSR count). The minimum atomic E-state index is -3.54. The van der Waals surface area contributed by atoms with Crippen LogP contribution in [0.4, 0.5) is 5.69 Å². The van der Waals surface area contributed by atoms with Crippen LogP contribution in [0.5, 0.6) is 5.75 Å². The molecule has 1 amide bonds. The number of nitrogens with one attached hydrogen (secondary N) is 1. The quantitative estimate of drug-likeness (QED) is 0.834. The van der Waals surface area contributed by atoms with Crippen molar-refractivity contribution in [3.8, 4) is 5.75 Å². The normalized spacial score (nSPS) is 16.9. The largest absolute Gasteiger partial charge is 0.476 e. The van der Waals surface area contributed by atoms with Crippen molar-refractivity contribution in [2.24, 2.45) is 0 Å². The third-order valence-corrected chi connectivity index (χ3v) is 5.77. The highest BCUT2D eigenvalue weighted by Crippen LogP contribution is 2.35. The van der Waals surface area contributed by atoms with Gasteiger partial charge in [0, 0.05) is 5.54 Å². The van der Waals surface area contributed by atoms with Gasteiger partial charge in [0.25, 0.3) is 5.91 Å². The molecule has 28 heavy (non-hydrogen) atoms. The van der Waals surface area contributed by atoms with E-state index in [0.29, 0.717) is 17.9 Å². The summed E-state index contributed by atoms with van der Waals surface area (Å²) < 4.78 is 31.6. The van der Waals surface area contributed by atoms with Crippen LogP contribution >= 0.6 is 0 Å². The van der Waals surface area contributed by atoms with E-state index < -0.39 is 21.7 Å². The summed E-state index contributed by atoms with van der Waals surface area (Å²) in [5, 5.41) is 3.01. The van der Waals surface area contributed by atoms with Gasteiger partial charge < -0.3 is 10.1 Å². The Hall–Kier alpha value is -2.54. The summed E-state index contributed by atoms with van der Waals surface area (Å²) in [6.07, 6.45) is 0.868. The third-order valence-electron chi connectivity index (χ3n) is 4.63. The van der Waals surface area contributed by atoms with Gasteiger partial charge in [-0.1, -0.05) is 36.4 Å². The van der Waals surface area contributed by atoms with Crippen molar-refractivity contribution in [1.82, 2.24) is 5.32 Å². The second-order valence-electron chi connectivity index (χ2n) is 7.91. The molecule has 1 aliphatic rings. The number of benzene rings is 2. The Balaban J connectivity index is 1.80. The van der Waals surface area contributed by atoms with E-state index in [2.05, 4.69) is 5.32 Å². The van der Waals surface area contributed by atoms with Crippen LogP contribution in [-0.4, -0.2) is 38.8 Å². The molecule has 0 bridgehead atoms. The highest BCUT2D eigenvalue weighted by molar-refractivity contribution is 7.92. The summed E-state index contributed by atoms with van der Waals surface area (Å²) in [6, 6.07) is 15.2. The SMILES string of the molecule is Cc1ccc2c(c1)OC(C(=O)NC(C)(C)Cc1ccccc1)CN2S(C)(=O)=O. The van der Waals surface area contributed by atoms with E-state index in [9.17, 15) is 13.2 Å². The minimum Gasteiger partial charge on any atom is -0.476 e. The average molecular weight is 403 g/mol. The molecule has 1 atom stereocenters. The van der Waals surface area contributed by atoms with Gasteiger partial charge in [-0.25, -0.2) is 8.42 Å². The van der Waals surface area contributed by atoms with E-state index in [0.717, 1.165) is 17.4 Å². The Labute approximate surface area is 166 Å². The molecule has 2 aromatic rings. The average Bonchev–Trinajstić information content (AvgIpc) is 2.59. The maximum Gasteiger partial charge on any atom is 0.263 e. The lowest BCUT2D eigenvalue weighted by Crippen LogP contribution is -2.55. The standard InChI is InChI=1S/C21H26N2O4S/c1-15-10-11-17-18(12-15)27-19(14-23(17)28(4,25)26)20(24)22-21(2,3)13-16-8-6-5-7-9-16/h5-12,19H,13-14H2,1-4H3,(H,22,24). The van der Waals surface area contributed by atoms with Crippen molar-refractivity contribution in [2.75, 3.05) is 17.1 Å². The molecule has 1 N–H and O–H groups in total. The summed E-state index contributed by atoms with van der Waals surface area (Å²) >= 11 is 0. The number of rotatable bonds is 5. The number of carbonyl (C=O) groups is 1. The minimum absolute atomic E-state index is 0.0534. The van der Waals surface area contributed by atoms with E-state index in [-0.39, 0.29) is 12.5 Å². The first-order valence-electron chi connectivity index (χ1n) is 9.16. The van der Waals surface area contributed by atoms with Crippen LogP contribution in [0.2, 0.25) is 0 Å². The lowest BCUT2D eigenvalue weighted by atomic mass is 9.94. The van der Waals surface area contributed by atoms with Gasteiger partial charge in [-0.05, 0) is 50.5 Å². The maximum absolute atomic E-state index is 12.9. The fraction of sp³-hybridized carbons (Fsp3) is 0.381. The van der Waals surface area contributed by atoms with Gasteiger partial charge in [0.2, 0.25) is 10.0 Å². The van der Waals surface area contributed by atoms with Crippen molar-refractivity contribution in [1.29, 1.82) is 0 Å². The molecule has 1 aliphatic heterocycles. The molecule has 2 aromatic carbocycles. The second-order valence-corrected chi connectivity index (χ2v) is 9.81. The first kappa shape index (κ1) is 20.2. The fourth-order valence-corrected chi connectivity index (χ4v) is 4.29. The maximum atomic E-state index is 12.9. The number of hydrogen-bond donors (Lipinski definition) is 1. The molecular formula is C21H26N2O4S. The molecular weight excluding hydrogens is 376 g/mol. The molecule has 0 aromatic heterocycles. The number of ether oxygens (including phenoxy) is 1. The Bertz CT molecular complexity index is 971. The molecule has 0 radical (unpaired) electrons. The second kappa shape index (κ2) is 7.47. The van der Waals surface area contributed by atoms with E-state index in [4.69, 9.17) is 4.74 Å². The first-order chi connectivity index (χ1) is 13.0. The Kier molecular flexibility index (Phi) is 5.39. The summed E-state index contributed by atoms with van der Waals surface area (Å²) in [5.41, 5.74) is 1.99.